The third-order valence-corrected chi connectivity index (χ3v) is 2.11. The first-order valence-corrected chi connectivity index (χ1v) is 5.42. The molecule has 0 aliphatic heterocycles. The van der Waals surface area contributed by atoms with E-state index in [0.29, 0.717) is 5.56 Å². The number of nitrogens with two attached hydrogens (primary N) is 1. The van der Waals surface area contributed by atoms with Crippen LogP contribution in [0.1, 0.15) is 12.0 Å². The molecule has 0 aromatic heterocycles. The maximum Gasteiger partial charge on any atom is 0.336 e. The summed E-state index contributed by atoms with van der Waals surface area (Å²) < 4.78 is 0. The van der Waals surface area contributed by atoms with Crippen molar-refractivity contribution < 1.29 is 14.6 Å². The summed E-state index contributed by atoms with van der Waals surface area (Å²) in [5.41, 5.74) is 5.89. The summed E-state index contributed by atoms with van der Waals surface area (Å²) in [5, 5.41) is 13.8. The fraction of sp³-hybridized carbons (Fsp3) is 0.200. The highest BCUT2D eigenvalue weighted by molar-refractivity contribution is 6.18. The fourth-order valence-corrected chi connectivity index (χ4v) is 1.18. The Morgan fingerprint density at radius 3 is 2.56 bits per heavy atom. The smallest absolute Gasteiger partial charge is 0.336 e. The zero-order chi connectivity index (χ0) is 13.5. The molecule has 0 radical (unpaired) electrons. The Kier molecular flexibility index (Phi) is 5.06. The molecular formula is C10H10ClN3O4. The van der Waals surface area contributed by atoms with E-state index in [4.69, 9.17) is 17.3 Å². The maximum absolute atomic E-state index is 11.0. The average Bonchev–Trinajstić information content (AvgIpc) is 2.36. The number of alkyl halides is 1. The highest BCUT2D eigenvalue weighted by atomic mass is 35.5. The molecule has 0 unspecified atom stereocenters. The highest BCUT2D eigenvalue weighted by Crippen LogP contribution is 2.11. The number of non-ortho nitro benzene ring substituents is 1. The van der Waals surface area contributed by atoms with Gasteiger partial charge >= 0.3 is 5.97 Å². The highest BCUT2D eigenvalue weighted by Gasteiger charge is 2.07. The van der Waals surface area contributed by atoms with E-state index in [1.165, 1.54) is 24.3 Å². The molecule has 0 bridgehead atoms. The number of hydrogen-bond acceptors (Lipinski definition) is 5. The van der Waals surface area contributed by atoms with Gasteiger partial charge in [-0.1, -0.05) is 5.16 Å². The van der Waals surface area contributed by atoms with Gasteiger partial charge in [0.25, 0.3) is 5.69 Å². The van der Waals surface area contributed by atoms with Gasteiger partial charge in [0.2, 0.25) is 0 Å². The monoisotopic (exact) mass is 271 g/mol. The number of halogens is 1. The molecule has 0 amide bonds. The van der Waals surface area contributed by atoms with Crippen LogP contribution in [0.5, 0.6) is 0 Å². The van der Waals surface area contributed by atoms with Crippen LogP contribution in [0.15, 0.2) is 29.4 Å². The van der Waals surface area contributed by atoms with Crippen LogP contribution in [-0.2, 0) is 9.63 Å². The van der Waals surface area contributed by atoms with E-state index in [1.54, 1.807) is 0 Å². The Labute approximate surface area is 107 Å². The molecule has 0 aliphatic rings. The van der Waals surface area contributed by atoms with E-state index in [-0.39, 0.29) is 23.8 Å². The standard InChI is InChI=1S/C10H10ClN3O4/c11-6-5-9(15)18-13-10(12)7-1-3-8(4-2-7)14(16)17/h1-4H,5-6H2,(H2,12,13). The first-order chi connectivity index (χ1) is 8.54. The van der Waals surface area contributed by atoms with Crippen LogP contribution in [0.3, 0.4) is 0 Å². The summed E-state index contributed by atoms with van der Waals surface area (Å²) in [7, 11) is 0. The fourth-order valence-electron chi connectivity index (χ4n) is 1.03. The topological polar surface area (TPSA) is 108 Å². The van der Waals surface area contributed by atoms with Crippen LogP contribution >= 0.6 is 11.6 Å². The van der Waals surface area contributed by atoms with Crippen LogP contribution < -0.4 is 5.73 Å². The van der Waals surface area contributed by atoms with Crippen molar-refractivity contribution in [3.63, 3.8) is 0 Å². The Balaban J connectivity index is 2.71. The Morgan fingerprint density at radius 1 is 1.44 bits per heavy atom. The summed E-state index contributed by atoms with van der Waals surface area (Å²) in [4.78, 5) is 25.3. The van der Waals surface area contributed by atoms with Gasteiger partial charge in [0, 0.05) is 23.6 Å². The largest absolute Gasteiger partial charge is 0.380 e. The molecule has 7 nitrogen and oxygen atoms in total. The first-order valence-electron chi connectivity index (χ1n) is 4.88. The van der Waals surface area contributed by atoms with Crippen molar-refractivity contribution in [2.45, 2.75) is 6.42 Å². The quantitative estimate of drug-likeness (QED) is 0.217. The molecule has 1 aromatic rings. The molecule has 8 heteroatoms. The molecule has 0 atom stereocenters. The number of rotatable bonds is 5. The number of hydrogen-bond donors (Lipinski definition) is 1. The van der Waals surface area contributed by atoms with Crippen molar-refractivity contribution in [3.05, 3.63) is 39.9 Å². The summed E-state index contributed by atoms with van der Waals surface area (Å²) in [6, 6.07) is 5.37. The molecule has 18 heavy (non-hydrogen) atoms. The number of benzene rings is 1. The number of nitro groups is 1. The molecule has 0 spiro atoms. The van der Waals surface area contributed by atoms with Crippen molar-refractivity contribution in [2.24, 2.45) is 10.9 Å². The molecule has 0 fully saturated rings. The number of carbonyl (C=O) groups is 1. The van der Waals surface area contributed by atoms with Gasteiger partial charge in [0.1, 0.15) is 0 Å². The van der Waals surface area contributed by atoms with Gasteiger partial charge in [-0.05, 0) is 12.1 Å². The summed E-state index contributed by atoms with van der Waals surface area (Å²) in [6.45, 7) is 0. The number of oxime groups is 1. The minimum atomic E-state index is -0.602. The Hall–Kier alpha value is -2.15. The number of nitrogens with zero attached hydrogens (tertiary/aromatic N) is 2. The molecule has 96 valence electrons. The van der Waals surface area contributed by atoms with Crippen LogP contribution in [0.2, 0.25) is 0 Å². The molecule has 0 aliphatic carbocycles. The minimum absolute atomic E-state index is 0.0264. The van der Waals surface area contributed by atoms with Crippen LogP contribution in [-0.4, -0.2) is 22.6 Å². The second-order valence-electron chi connectivity index (χ2n) is 3.18. The van der Waals surface area contributed by atoms with Crippen LogP contribution in [0.25, 0.3) is 0 Å². The lowest BCUT2D eigenvalue weighted by atomic mass is 10.2. The molecule has 0 heterocycles. The van der Waals surface area contributed by atoms with Crippen LogP contribution in [0.4, 0.5) is 5.69 Å². The van der Waals surface area contributed by atoms with E-state index >= 15 is 0 Å². The second-order valence-corrected chi connectivity index (χ2v) is 3.56. The predicted molar refractivity (Wildman–Crippen MR) is 65.2 cm³/mol. The lowest BCUT2D eigenvalue weighted by molar-refractivity contribution is -0.384. The molecule has 1 rings (SSSR count). The van der Waals surface area contributed by atoms with Crippen molar-refractivity contribution in [1.82, 2.24) is 0 Å². The third-order valence-electron chi connectivity index (χ3n) is 1.92. The second kappa shape index (κ2) is 6.55. The molecular weight excluding hydrogens is 262 g/mol. The number of amidine groups is 1. The molecule has 0 saturated heterocycles. The van der Waals surface area contributed by atoms with Crippen molar-refractivity contribution in [1.29, 1.82) is 0 Å². The van der Waals surface area contributed by atoms with Gasteiger partial charge in [-0.3, -0.25) is 10.1 Å². The van der Waals surface area contributed by atoms with Gasteiger partial charge in [-0.25, -0.2) is 4.79 Å². The SMILES string of the molecule is N/C(=N\OC(=O)CCCl)c1ccc([N+](=O)[O-])cc1. The molecule has 1 aromatic carbocycles. The lowest BCUT2D eigenvalue weighted by Crippen LogP contribution is -2.15. The summed E-state index contributed by atoms with van der Waals surface area (Å²) >= 11 is 5.33. The van der Waals surface area contributed by atoms with Crippen molar-refractivity contribution in [2.75, 3.05) is 5.88 Å². The van der Waals surface area contributed by atoms with E-state index in [1.807, 2.05) is 0 Å². The Bertz CT molecular complexity index is 473. The molecule has 2 N–H and O–H groups in total. The predicted octanol–water partition coefficient (Wildman–Crippen LogP) is 1.39. The molecule has 0 saturated carbocycles. The number of nitro benzene ring substituents is 1. The summed E-state index contributed by atoms with van der Waals surface area (Å²) in [6.07, 6.45) is 0.0264. The van der Waals surface area contributed by atoms with E-state index in [9.17, 15) is 14.9 Å². The average molecular weight is 272 g/mol. The van der Waals surface area contributed by atoms with Gasteiger partial charge < -0.3 is 10.6 Å². The lowest BCUT2D eigenvalue weighted by Gasteiger charge is -2.00. The third kappa shape index (κ3) is 4.02. The number of carbonyl (C=O) groups excluding carboxylic acids is 1. The van der Waals surface area contributed by atoms with Gasteiger partial charge in [0.15, 0.2) is 5.84 Å². The maximum atomic E-state index is 11.0. The van der Waals surface area contributed by atoms with E-state index < -0.39 is 10.9 Å². The normalized spacial score (nSPS) is 11.1. The van der Waals surface area contributed by atoms with Crippen LogP contribution in [0, 0.1) is 10.1 Å². The van der Waals surface area contributed by atoms with E-state index in [2.05, 4.69) is 9.99 Å². The van der Waals surface area contributed by atoms with Gasteiger partial charge in [0.05, 0.1) is 11.3 Å². The summed E-state index contributed by atoms with van der Waals surface area (Å²) in [5.74, 6) is -0.520. The Morgan fingerprint density at radius 2 is 2.06 bits per heavy atom. The zero-order valence-corrected chi connectivity index (χ0v) is 9.96. The van der Waals surface area contributed by atoms with Gasteiger partial charge in [-0.2, -0.15) is 0 Å². The van der Waals surface area contributed by atoms with Crippen molar-refractivity contribution >= 4 is 29.1 Å². The first kappa shape index (κ1) is 13.9. The van der Waals surface area contributed by atoms with Gasteiger partial charge in [-0.15, -0.1) is 11.6 Å². The minimum Gasteiger partial charge on any atom is -0.380 e. The van der Waals surface area contributed by atoms with E-state index in [0.717, 1.165) is 0 Å². The zero-order valence-electron chi connectivity index (χ0n) is 9.21. The van der Waals surface area contributed by atoms with Crippen molar-refractivity contribution in [3.8, 4) is 0 Å².